The number of rotatable bonds is 6. The molecule has 2 rings (SSSR count). The zero-order chi connectivity index (χ0) is 15.2. The van der Waals surface area contributed by atoms with E-state index in [9.17, 15) is 0 Å². The molecule has 1 N–H and O–H groups in total. The van der Waals surface area contributed by atoms with Gasteiger partial charge in [0.2, 0.25) is 0 Å². The lowest BCUT2D eigenvalue weighted by Crippen LogP contribution is -2.49. The largest absolute Gasteiger partial charge is 0.375 e. The third kappa shape index (κ3) is 4.42. The smallest absolute Gasteiger partial charge is 0.0723 e. The summed E-state index contributed by atoms with van der Waals surface area (Å²) in [6, 6.07) is 2.59. The van der Waals surface area contributed by atoms with Gasteiger partial charge in [-0.25, -0.2) is 0 Å². The summed E-state index contributed by atoms with van der Waals surface area (Å²) < 4.78 is 5.81. The van der Waals surface area contributed by atoms with Gasteiger partial charge in [-0.3, -0.25) is 4.98 Å². The molecule has 0 aliphatic carbocycles. The van der Waals surface area contributed by atoms with E-state index in [1.165, 1.54) is 11.3 Å². The van der Waals surface area contributed by atoms with Crippen LogP contribution < -0.4 is 10.2 Å². The highest BCUT2D eigenvalue weighted by Crippen LogP contribution is 2.26. The van der Waals surface area contributed by atoms with Crippen molar-refractivity contribution in [3.63, 3.8) is 0 Å². The van der Waals surface area contributed by atoms with Crippen molar-refractivity contribution < 1.29 is 4.74 Å². The molecule has 4 heteroatoms. The first kappa shape index (κ1) is 16.2. The minimum atomic E-state index is 0.282. The second-order valence-corrected chi connectivity index (χ2v) is 6.39. The standard InChI is InChI=1S/C17H29N3O/c1-5-16-12-21-14(4)11-20(16)17-10-18-7-6-15(17)9-19-8-13(2)3/h6-7,10,13-14,16,19H,5,8-9,11-12H2,1-4H3. The van der Waals surface area contributed by atoms with Crippen LogP contribution in [0.15, 0.2) is 18.5 Å². The van der Waals surface area contributed by atoms with Gasteiger partial charge in [0.25, 0.3) is 0 Å². The molecular formula is C17H29N3O. The summed E-state index contributed by atoms with van der Waals surface area (Å²) in [5.41, 5.74) is 2.59. The second-order valence-electron chi connectivity index (χ2n) is 6.39. The van der Waals surface area contributed by atoms with Gasteiger partial charge in [-0.15, -0.1) is 0 Å². The highest BCUT2D eigenvalue weighted by atomic mass is 16.5. The van der Waals surface area contributed by atoms with E-state index in [0.29, 0.717) is 12.0 Å². The minimum absolute atomic E-state index is 0.282. The molecule has 1 aliphatic rings. The van der Waals surface area contributed by atoms with E-state index in [1.54, 1.807) is 0 Å². The molecule has 1 fully saturated rings. The van der Waals surface area contributed by atoms with Crippen LogP contribution in [0.3, 0.4) is 0 Å². The average Bonchev–Trinajstić information content (AvgIpc) is 2.47. The van der Waals surface area contributed by atoms with Gasteiger partial charge < -0.3 is 15.0 Å². The van der Waals surface area contributed by atoms with Crippen LogP contribution in [-0.4, -0.2) is 36.8 Å². The van der Waals surface area contributed by atoms with E-state index in [1.807, 2.05) is 12.4 Å². The Balaban J connectivity index is 2.13. The van der Waals surface area contributed by atoms with Crippen molar-refractivity contribution in [1.82, 2.24) is 10.3 Å². The first-order valence-corrected chi connectivity index (χ1v) is 8.13. The predicted molar refractivity (Wildman–Crippen MR) is 87.6 cm³/mol. The maximum Gasteiger partial charge on any atom is 0.0723 e. The molecule has 4 nitrogen and oxygen atoms in total. The van der Waals surface area contributed by atoms with Gasteiger partial charge in [-0.2, -0.15) is 0 Å². The highest BCUT2D eigenvalue weighted by Gasteiger charge is 2.27. The zero-order valence-electron chi connectivity index (χ0n) is 13.8. The second kappa shape index (κ2) is 7.76. The van der Waals surface area contributed by atoms with Crippen molar-refractivity contribution in [3.05, 3.63) is 24.0 Å². The molecule has 0 radical (unpaired) electrons. The summed E-state index contributed by atoms with van der Waals surface area (Å²) in [5, 5.41) is 3.54. The molecule has 0 saturated carbocycles. The van der Waals surface area contributed by atoms with Crippen LogP contribution in [0.5, 0.6) is 0 Å². The summed E-state index contributed by atoms with van der Waals surface area (Å²) >= 11 is 0. The molecule has 2 unspecified atom stereocenters. The lowest BCUT2D eigenvalue weighted by molar-refractivity contribution is 0.0298. The monoisotopic (exact) mass is 291 g/mol. The number of aromatic nitrogens is 1. The number of anilines is 1. The van der Waals surface area contributed by atoms with Crippen molar-refractivity contribution in [2.24, 2.45) is 5.92 Å². The van der Waals surface area contributed by atoms with Crippen LogP contribution in [-0.2, 0) is 11.3 Å². The summed E-state index contributed by atoms with van der Waals surface area (Å²) in [6.07, 6.45) is 5.28. The quantitative estimate of drug-likeness (QED) is 0.874. The highest BCUT2D eigenvalue weighted by molar-refractivity contribution is 5.53. The third-order valence-electron chi connectivity index (χ3n) is 4.00. The van der Waals surface area contributed by atoms with E-state index in [2.05, 4.69) is 49.0 Å². The Hall–Kier alpha value is -1.13. The third-order valence-corrected chi connectivity index (χ3v) is 4.00. The molecule has 118 valence electrons. The molecule has 1 aliphatic heterocycles. The molecule has 21 heavy (non-hydrogen) atoms. The molecule has 1 saturated heterocycles. The Morgan fingerprint density at radius 3 is 3.00 bits per heavy atom. The fraction of sp³-hybridized carbons (Fsp3) is 0.706. The fourth-order valence-electron chi connectivity index (χ4n) is 2.80. The number of nitrogens with zero attached hydrogens (tertiary/aromatic N) is 2. The van der Waals surface area contributed by atoms with Gasteiger partial charge in [0, 0.05) is 19.3 Å². The number of hydrogen-bond donors (Lipinski definition) is 1. The summed E-state index contributed by atoms with van der Waals surface area (Å²) in [4.78, 5) is 6.83. The van der Waals surface area contributed by atoms with Crippen LogP contribution in [0.4, 0.5) is 5.69 Å². The lowest BCUT2D eigenvalue weighted by Gasteiger charge is -2.40. The molecule has 0 spiro atoms. The Kier molecular flexibility index (Phi) is 6.00. The van der Waals surface area contributed by atoms with Gasteiger partial charge in [-0.05, 0) is 37.4 Å². The number of nitrogens with one attached hydrogen (secondary N) is 1. The van der Waals surface area contributed by atoms with E-state index < -0.39 is 0 Å². The van der Waals surface area contributed by atoms with Crippen LogP contribution in [0, 0.1) is 5.92 Å². The lowest BCUT2D eigenvalue weighted by atomic mass is 10.1. The van der Waals surface area contributed by atoms with Crippen LogP contribution in [0.1, 0.15) is 39.7 Å². The number of ether oxygens (including phenoxy) is 1. The van der Waals surface area contributed by atoms with Gasteiger partial charge in [0.1, 0.15) is 0 Å². The maximum absolute atomic E-state index is 5.81. The molecule has 1 aromatic heterocycles. The summed E-state index contributed by atoms with van der Waals surface area (Å²) in [6.45, 7) is 12.5. The van der Waals surface area contributed by atoms with Crippen LogP contribution in [0.2, 0.25) is 0 Å². The van der Waals surface area contributed by atoms with Crippen LogP contribution in [0.25, 0.3) is 0 Å². The SMILES string of the molecule is CCC1COC(C)CN1c1cnccc1CNCC(C)C. The molecular weight excluding hydrogens is 262 g/mol. The van der Waals surface area contributed by atoms with E-state index in [-0.39, 0.29) is 6.10 Å². The van der Waals surface area contributed by atoms with Gasteiger partial charge >= 0.3 is 0 Å². The van der Waals surface area contributed by atoms with E-state index in [0.717, 1.165) is 32.7 Å². The molecule has 0 bridgehead atoms. The zero-order valence-corrected chi connectivity index (χ0v) is 13.8. The Bertz CT molecular complexity index is 436. The maximum atomic E-state index is 5.81. The fourth-order valence-corrected chi connectivity index (χ4v) is 2.80. The van der Waals surface area contributed by atoms with Crippen molar-refractivity contribution in [2.45, 2.75) is 52.8 Å². The molecule has 1 aromatic rings. The number of morpholine rings is 1. The van der Waals surface area contributed by atoms with Gasteiger partial charge in [-0.1, -0.05) is 20.8 Å². The van der Waals surface area contributed by atoms with Crippen molar-refractivity contribution in [3.8, 4) is 0 Å². The topological polar surface area (TPSA) is 37.4 Å². The van der Waals surface area contributed by atoms with E-state index >= 15 is 0 Å². The number of hydrogen-bond acceptors (Lipinski definition) is 4. The average molecular weight is 291 g/mol. The van der Waals surface area contributed by atoms with Gasteiger partial charge in [0.05, 0.1) is 30.6 Å². The molecule has 0 aromatic carbocycles. The Morgan fingerprint density at radius 1 is 1.48 bits per heavy atom. The molecule has 0 amide bonds. The summed E-state index contributed by atoms with van der Waals surface area (Å²) in [7, 11) is 0. The normalized spacial score (nSPS) is 22.8. The van der Waals surface area contributed by atoms with Crippen molar-refractivity contribution >= 4 is 5.69 Å². The van der Waals surface area contributed by atoms with Crippen molar-refractivity contribution in [1.29, 1.82) is 0 Å². The number of pyridine rings is 1. The Morgan fingerprint density at radius 2 is 2.29 bits per heavy atom. The predicted octanol–water partition coefficient (Wildman–Crippen LogP) is 2.83. The summed E-state index contributed by atoms with van der Waals surface area (Å²) in [5.74, 6) is 0.669. The van der Waals surface area contributed by atoms with E-state index in [4.69, 9.17) is 4.74 Å². The van der Waals surface area contributed by atoms with Crippen molar-refractivity contribution in [2.75, 3.05) is 24.6 Å². The first-order chi connectivity index (χ1) is 10.1. The van der Waals surface area contributed by atoms with Crippen LogP contribution >= 0.6 is 0 Å². The first-order valence-electron chi connectivity index (χ1n) is 8.13. The molecule has 2 atom stereocenters. The van der Waals surface area contributed by atoms with Gasteiger partial charge in [0.15, 0.2) is 0 Å². The molecule has 2 heterocycles. The Labute approximate surface area is 128 Å². The minimum Gasteiger partial charge on any atom is -0.375 e.